The maximum absolute atomic E-state index is 16.2. The van der Waals surface area contributed by atoms with Crippen LogP contribution in [-0.4, -0.2) is 37.6 Å². The third kappa shape index (κ3) is 4.01. The van der Waals surface area contributed by atoms with Gasteiger partial charge in [-0.15, -0.1) is 0 Å². The second-order valence-corrected chi connectivity index (χ2v) is 9.93. The lowest BCUT2D eigenvalue weighted by molar-refractivity contribution is -0.0886. The Morgan fingerprint density at radius 2 is 1.81 bits per heavy atom. The minimum Gasteiger partial charge on any atom is -0.379 e. The first-order valence-corrected chi connectivity index (χ1v) is 12.1. The van der Waals surface area contributed by atoms with Gasteiger partial charge in [-0.3, -0.25) is 14.7 Å². The van der Waals surface area contributed by atoms with E-state index in [-0.39, 0.29) is 23.2 Å². The lowest BCUT2D eigenvalue weighted by Crippen LogP contribution is -2.46. The molecule has 7 nitrogen and oxygen atoms in total. The topological polar surface area (TPSA) is 80.5 Å². The molecule has 5 rings (SSSR count). The molecular formula is C27H23Cl2FN4O3. The average Bonchev–Trinajstić information content (AvgIpc) is 3.41. The molecule has 1 N–H and O–H groups in total. The molecule has 0 saturated carbocycles. The van der Waals surface area contributed by atoms with Crippen LogP contribution in [0.15, 0.2) is 67.3 Å². The molecule has 2 aromatic carbocycles. The zero-order valence-electron chi connectivity index (χ0n) is 20.2. The number of aromatic nitrogens is 3. The van der Waals surface area contributed by atoms with E-state index in [4.69, 9.17) is 27.9 Å². The monoisotopic (exact) mass is 540 g/mol. The Bertz CT molecular complexity index is 1490. The van der Waals surface area contributed by atoms with E-state index in [0.29, 0.717) is 27.0 Å². The number of nitrogens with zero attached hydrogens (tertiary/aromatic N) is 4. The molecule has 1 aliphatic heterocycles. The molecule has 1 unspecified atom stereocenters. The Hall–Kier alpha value is -3.30. The van der Waals surface area contributed by atoms with Crippen LogP contribution in [0, 0.1) is 5.82 Å². The SMILES string of the molecule is CO[C@]1(c2ccc(Cl)cc2)c2c(F)cc(C(C)(O)c3cncn3C)cc2C(=O)N1Cc1ccc(Cl)cn1. The molecular weight excluding hydrogens is 518 g/mol. The number of methoxy groups -OCH3 is 1. The van der Waals surface area contributed by atoms with Crippen molar-refractivity contribution in [3.8, 4) is 0 Å². The molecule has 0 radical (unpaired) electrons. The van der Waals surface area contributed by atoms with Gasteiger partial charge in [0.25, 0.3) is 5.91 Å². The highest BCUT2D eigenvalue weighted by Gasteiger charge is 2.54. The number of amides is 1. The van der Waals surface area contributed by atoms with Gasteiger partial charge in [0.15, 0.2) is 5.72 Å². The van der Waals surface area contributed by atoms with E-state index >= 15 is 4.39 Å². The van der Waals surface area contributed by atoms with Gasteiger partial charge in [-0.2, -0.15) is 0 Å². The van der Waals surface area contributed by atoms with Crippen molar-refractivity contribution in [1.82, 2.24) is 19.4 Å². The van der Waals surface area contributed by atoms with E-state index in [9.17, 15) is 9.90 Å². The quantitative estimate of drug-likeness (QED) is 0.371. The first kappa shape index (κ1) is 25.4. The van der Waals surface area contributed by atoms with Crippen LogP contribution in [0.4, 0.5) is 4.39 Å². The highest BCUT2D eigenvalue weighted by Crippen LogP contribution is 2.48. The number of benzene rings is 2. The molecule has 1 aliphatic rings. The standard InChI is InChI=1S/C27H23Cl2FN4O3/c1-26(36,23-13-31-15-33(23)2)17-10-21-24(22(30)11-17)27(37-3,16-4-6-18(28)7-5-16)34(25(21)35)14-20-9-8-19(29)12-32-20/h4-13,15,36H,14H2,1-3H3/t26?,27-/m1/s1. The number of aryl methyl sites for hydroxylation is 1. The van der Waals surface area contributed by atoms with Crippen LogP contribution in [0.5, 0.6) is 0 Å². The number of halogens is 3. The molecule has 0 saturated heterocycles. The first-order valence-electron chi connectivity index (χ1n) is 11.4. The fourth-order valence-corrected chi connectivity index (χ4v) is 5.19. The van der Waals surface area contributed by atoms with Gasteiger partial charge < -0.3 is 14.4 Å². The number of aliphatic hydroxyl groups is 1. The number of rotatable bonds is 6. The molecule has 0 fully saturated rings. The number of carbonyl (C=O) groups excluding carboxylic acids is 1. The van der Waals surface area contributed by atoms with E-state index in [1.54, 1.807) is 48.0 Å². The highest BCUT2D eigenvalue weighted by molar-refractivity contribution is 6.30. The van der Waals surface area contributed by atoms with Gasteiger partial charge in [0.2, 0.25) is 0 Å². The second-order valence-electron chi connectivity index (χ2n) is 9.06. The van der Waals surface area contributed by atoms with Crippen LogP contribution in [-0.2, 0) is 29.7 Å². The Morgan fingerprint density at radius 1 is 1.11 bits per heavy atom. The Labute approximate surface area is 223 Å². The van der Waals surface area contributed by atoms with Gasteiger partial charge in [0.1, 0.15) is 11.4 Å². The summed E-state index contributed by atoms with van der Waals surface area (Å²) in [4.78, 5) is 23.8. The van der Waals surface area contributed by atoms with Gasteiger partial charge in [0.05, 0.1) is 46.6 Å². The van der Waals surface area contributed by atoms with E-state index in [1.807, 2.05) is 0 Å². The minimum absolute atomic E-state index is 0.00798. The van der Waals surface area contributed by atoms with Crippen molar-refractivity contribution >= 4 is 29.1 Å². The zero-order chi connectivity index (χ0) is 26.5. The second kappa shape index (κ2) is 9.22. The van der Waals surface area contributed by atoms with Gasteiger partial charge >= 0.3 is 0 Å². The summed E-state index contributed by atoms with van der Waals surface area (Å²) in [6.07, 6.45) is 4.51. The molecule has 4 aromatic rings. The molecule has 0 bridgehead atoms. The summed E-state index contributed by atoms with van der Waals surface area (Å²) in [6.45, 7) is 1.54. The van der Waals surface area contributed by atoms with E-state index < -0.39 is 23.1 Å². The fraction of sp³-hybridized carbons (Fsp3) is 0.222. The smallest absolute Gasteiger partial charge is 0.257 e. The van der Waals surface area contributed by atoms with E-state index in [1.165, 1.54) is 49.8 Å². The summed E-state index contributed by atoms with van der Waals surface area (Å²) in [6, 6.07) is 12.8. The Kier molecular flexibility index (Phi) is 6.32. The lowest BCUT2D eigenvalue weighted by atomic mass is 9.87. The zero-order valence-corrected chi connectivity index (χ0v) is 21.8. The maximum Gasteiger partial charge on any atom is 0.257 e. The van der Waals surface area contributed by atoms with Crippen molar-refractivity contribution in [3.63, 3.8) is 0 Å². The first-order chi connectivity index (χ1) is 17.6. The molecule has 2 atom stereocenters. The van der Waals surface area contributed by atoms with Crippen LogP contribution in [0.2, 0.25) is 10.0 Å². The number of pyridine rings is 1. The molecule has 0 spiro atoms. The van der Waals surface area contributed by atoms with Gasteiger partial charge in [0, 0.05) is 30.9 Å². The number of ether oxygens (including phenoxy) is 1. The summed E-state index contributed by atoms with van der Waals surface area (Å²) in [7, 11) is 3.14. The summed E-state index contributed by atoms with van der Waals surface area (Å²) in [5, 5.41) is 12.3. The van der Waals surface area contributed by atoms with Crippen molar-refractivity contribution in [3.05, 3.63) is 117 Å². The summed E-state index contributed by atoms with van der Waals surface area (Å²) in [5.74, 6) is -1.18. The van der Waals surface area contributed by atoms with Crippen molar-refractivity contribution < 1.29 is 19.0 Å². The predicted octanol–water partition coefficient (Wildman–Crippen LogP) is 5.02. The van der Waals surface area contributed by atoms with Crippen LogP contribution >= 0.6 is 23.2 Å². The highest BCUT2D eigenvalue weighted by atomic mass is 35.5. The Morgan fingerprint density at radius 3 is 2.41 bits per heavy atom. The van der Waals surface area contributed by atoms with Gasteiger partial charge in [-0.05, 0) is 48.9 Å². The third-order valence-electron chi connectivity index (χ3n) is 6.80. The van der Waals surface area contributed by atoms with Crippen molar-refractivity contribution in [2.75, 3.05) is 7.11 Å². The normalized spacial score (nSPS) is 18.7. The summed E-state index contributed by atoms with van der Waals surface area (Å²) < 4.78 is 23.8. The molecule has 3 heterocycles. The fourth-order valence-electron chi connectivity index (χ4n) is 4.95. The van der Waals surface area contributed by atoms with Crippen LogP contribution < -0.4 is 0 Å². The minimum atomic E-state index is -1.62. The number of hydrogen-bond acceptors (Lipinski definition) is 5. The molecule has 10 heteroatoms. The third-order valence-corrected chi connectivity index (χ3v) is 7.28. The van der Waals surface area contributed by atoms with E-state index in [0.717, 1.165) is 0 Å². The number of imidazole rings is 1. The lowest BCUT2D eigenvalue weighted by Gasteiger charge is -2.38. The van der Waals surface area contributed by atoms with Crippen LogP contribution in [0.25, 0.3) is 0 Å². The van der Waals surface area contributed by atoms with Gasteiger partial charge in [-0.25, -0.2) is 9.37 Å². The maximum atomic E-state index is 16.2. The summed E-state index contributed by atoms with van der Waals surface area (Å²) >= 11 is 12.1. The Balaban J connectivity index is 1.72. The largest absolute Gasteiger partial charge is 0.379 e. The van der Waals surface area contributed by atoms with Crippen molar-refractivity contribution in [1.29, 1.82) is 0 Å². The number of carbonyl (C=O) groups is 1. The molecule has 37 heavy (non-hydrogen) atoms. The molecule has 1 amide bonds. The van der Waals surface area contributed by atoms with Crippen molar-refractivity contribution in [2.24, 2.45) is 7.05 Å². The van der Waals surface area contributed by atoms with Crippen molar-refractivity contribution in [2.45, 2.75) is 24.8 Å². The van der Waals surface area contributed by atoms with Crippen LogP contribution in [0.3, 0.4) is 0 Å². The average molecular weight is 541 g/mol. The predicted molar refractivity (Wildman–Crippen MR) is 137 cm³/mol. The molecule has 190 valence electrons. The van der Waals surface area contributed by atoms with Gasteiger partial charge in [-0.1, -0.05) is 35.3 Å². The molecule has 0 aliphatic carbocycles. The summed E-state index contributed by atoms with van der Waals surface area (Å²) in [5.41, 5.74) is -1.44. The van der Waals surface area contributed by atoms with Crippen LogP contribution in [0.1, 0.15) is 45.4 Å². The number of hydrogen-bond donors (Lipinski definition) is 1. The number of fused-ring (bicyclic) bond motifs is 1. The van der Waals surface area contributed by atoms with E-state index in [2.05, 4.69) is 9.97 Å². The molecule has 2 aromatic heterocycles.